The van der Waals surface area contributed by atoms with Gasteiger partial charge in [-0.05, 0) is 24.3 Å². The monoisotopic (exact) mass is 778 g/mol. The van der Waals surface area contributed by atoms with Gasteiger partial charge in [-0.25, -0.2) is 0 Å². The Labute approximate surface area is 302 Å². The molecule has 0 aliphatic carbocycles. The molecule has 6 nitrogen and oxygen atoms in total. The van der Waals surface area contributed by atoms with Crippen molar-refractivity contribution < 1.29 is 81.8 Å². The van der Waals surface area contributed by atoms with Gasteiger partial charge in [-0.15, -0.1) is 0 Å². The molecule has 1 N–H and O–H groups in total. The second kappa shape index (κ2) is 13.5. The number of nitrogens with zero attached hydrogens (tertiary/aromatic N) is 1. The molecule has 0 saturated heterocycles. The molecule has 0 spiro atoms. The van der Waals surface area contributed by atoms with Crippen LogP contribution in [-0.4, -0.2) is 21.6 Å². The van der Waals surface area contributed by atoms with E-state index < -0.39 is 36.0 Å². The van der Waals surface area contributed by atoms with Gasteiger partial charge in [0.05, 0.1) is 5.69 Å². The number of halogens is 3. The smallest absolute Gasteiger partial charge is 0.455 e. The van der Waals surface area contributed by atoms with Gasteiger partial charge >= 0.3 is 6.18 Å². The Morgan fingerprint density at radius 3 is 1.63 bits per heavy atom. The number of hydrogen-bond acceptors (Lipinski definition) is 5. The van der Waals surface area contributed by atoms with Gasteiger partial charge in [-0.1, -0.05) is 109 Å². The molecule has 0 bridgehead atoms. The number of para-hydroxylation sites is 3. The Kier molecular flexibility index (Phi) is 9.85. The average Bonchev–Trinajstić information content (AvgIpc) is 3.07. The molecule has 1 radical (unpaired) electrons. The predicted molar refractivity (Wildman–Crippen MR) is 168 cm³/mol. The molecule has 7 rings (SSSR count). The Hall–Kier alpha value is -3.82. The Bertz CT molecular complexity index is 2050. The Morgan fingerprint density at radius 1 is 0.674 bits per heavy atom. The third-order valence-corrected chi connectivity index (χ3v) is 10.4. The summed E-state index contributed by atoms with van der Waals surface area (Å²) < 4.78 is 59.1. The number of aromatic nitrogens is 1. The number of aromatic hydroxyl groups is 1. The van der Waals surface area contributed by atoms with Gasteiger partial charge in [0.2, 0.25) is 0 Å². The van der Waals surface area contributed by atoms with E-state index in [2.05, 4.69) is 0 Å². The zero-order chi connectivity index (χ0) is 31.8. The van der Waals surface area contributed by atoms with Gasteiger partial charge in [0.1, 0.15) is 16.8 Å². The largest absolute Gasteiger partial charge is 0.506 e. The molecule has 0 saturated carbocycles. The standard InChI is InChI=1S/C18H15OP.C17H8F3NO4.Eu/c19-20(16-10-4-1-5-11-16,17-12-6-2-7-13-17)18-14-8-3-9-15-18;18-17(19,20)15(23)12-14(22)8-4-3-7-11-13(8)21(16(12)24)9-5-1-2-6-10(9)25-11;/h1-15H;1-7,22H;. The van der Waals surface area contributed by atoms with Crippen molar-refractivity contribution in [2.45, 2.75) is 6.18 Å². The summed E-state index contributed by atoms with van der Waals surface area (Å²) in [6.45, 7) is 0. The van der Waals surface area contributed by atoms with Crippen molar-refractivity contribution in [1.82, 2.24) is 4.57 Å². The first-order valence-corrected chi connectivity index (χ1v) is 15.4. The minimum Gasteiger partial charge on any atom is -0.506 e. The first kappa shape index (κ1) is 33.5. The Morgan fingerprint density at radius 2 is 1.13 bits per heavy atom. The molecule has 46 heavy (non-hydrogen) atoms. The summed E-state index contributed by atoms with van der Waals surface area (Å²) in [4.78, 5) is 24.4. The summed E-state index contributed by atoms with van der Waals surface area (Å²) in [5, 5.41) is 12.7. The normalized spacial score (nSPS) is 11.7. The van der Waals surface area contributed by atoms with Crippen LogP contribution in [0.15, 0.2) is 138 Å². The van der Waals surface area contributed by atoms with Crippen molar-refractivity contribution in [3.05, 3.63) is 149 Å². The summed E-state index contributed by atoms with van der Waals surface area (Å²) in [6.07, 6.45) is -5.29. The zero-order valence-corrected chi connectivity index (χ0v) is 27.0. The molecular formula is C35H23EuF3NO5P. The SMILES string of the molecule is O=C(c1c(O)c2cccc3c2n(c1=O)-c1ccccc1O3)C(F)(F)F.O=P(c1ccccc1)(c1ccccc1)c1ccccc1.[Eu]. The average molecular weight is 778 g/mol. The summed E-state index contributed by atoms with van der Waals surface area (Å²) in [7, 11) is -2.78. The van der Waals surface area contributed by atoms with Crippen LogP contribution in [0.3, 0.4) is 0 Å². The maximum atomic E-state index is 13.8. The molecule has 0 fully saturated rings. The molecular weight excluding hydrogens is 754 g/mol. The van der Waals surface area contributed by atoms with E-state index in [0.29, 0.717) is 0 Å². The van der Waals surface area contributed by atoms with Gasteiger partial charge in [0, 0.05) is 70.7 Å². The van der Waals surface area contributed by atoms with Gasteiger partial charge < -0.3 is 14.4 Å². The Balaban J connectivity index is 0.000000182. The van der Waals surface area contributed by atoms with Gasteiger partial charge in [0.25, 0.3) is 11.3 Å². The van der Waals surface area contributed by atoms with E-state index >= 15 is 0 Å². The van der Waals surface area contributed by atoms with Gasteiger partial charge in [-0.2, -0.15) is 13.2 Å². The molecule has 6 aromatic rings. The number of rotatable bonds is 4. The summed E-state index contributed by atoms with van der Waals surface area (Å²) >= 11 is 0. The first-order chi connectivity index (χ1) is 21.6. The fourth-order valence-corrected chi connectivity index (χ4v) is 7.93. The number of fused-ring (bicyclic) bond motifs is 2. The number of hydrogen-bond donors (Lipinski definition) is 1. The van der Waals surface area contributed by atoms with Crippen LogP contribution in [0.1, 0.15) is 10.4 Å². The van der Waals surface area contributed by atoms with Crippen molar-refractivity contribution in [3.8, 4) is 22.9 Å². The maximum Gasteiger partial charge on any atom is 0.455 e. The molecule has 231 valence electrons. The summed E-state index contributed by atoms with van der Waals surface area (Å²) in [6, 6.07) is 39.7. The van der Waals surface area contributed by atoms with Crippen LogP contribution in [0.5, 0.6) is 17.2 Å². The van der Waals surface area contributed by atoms with E-state index in [1.807, 2.05) is 91.0 Å². The van der Waals surface area contributed by atoms with E-state index in [0.717, 1.165) is 20.5 Å². The predicted octanol–water partition coefficient (Wildman–Crippen LogP) is 6.87. The van der Waals surface area contributed by atoms with Crippen molar-refractivity contribution in [1.29, 1.82) is 0 Å². The van der Waals surface area contributed by atoms with E-state index in [1.54, 1.807) is 18.2 Å². The van der Waals surface area contributed by atoms with Crippen molar-refractivity contribution in [2.75, 3.05) is 0 Å². The molecule has 0 atom stereocenters. The van der Waals surface area contributed by atoms with E-state index in [1.165, 1.54) is 24.3 Å². The molecule has 1 aromatic heterocycles. The molecule has 1 aliphatic heterocycles. The first-order valence-electron chi connectivity index (χ1n) is 13.7. The van der Waals surface area contributed by atoms with E-state index in [4.69, 9.17) is 4.74 Å². The topological polar surface area (TPSA) is 85.6 Å². The molecule has 0 unspecified atom stereocenters. The third kappa shape index (κ3) is 6.03. The molecule has 1 aliphatic rings. The van der Waals surface area contributed by atoms with Crippen LogP contribution in [-0.2, 0) is 4.57 Å². The van der Waals surface area contributed by atoms with Crippen LogP contribution in [0, 0.1) is 49.4 Å². The second-order valence-electron chi connectivity index (χ2n) is 10.0. The quantitative estimate of drug-likeness (QED) is 0.156. The number of carbonyl (C=O) groups excluding carboxylic acids is 1. The third-order valence-electron chi connectivity index (χ3n) is 7.30. The molecule has 2 heterocycles. The number of carbonyl (C=O) groups is 1. The van der Waals surface area contributed by atoms with Crippen LogP contribution in [0.4, 0.5) is 13.2 Å². The van der Waals surface area contributed by atoms with Crippen molar-refractivity contribution in [3.63, 3.8) is 0 Å². The molecule has 11 heteroatoms. The van der Waals surface area contributed by atoms with Crippen LogP contribution >= 0.6 is 7.14 Å². The maximum absolute atomic E-state index is 13.8. The van der Waals surface area contributed by atoms with Crippen LogP contribution in [0.25, 0.3) is 16.6 Å². The number of benzene rings is 5. The fourth-order valence-electron chi connectivity index (χ4n) is 5.26. The zero-order valence-electron chi connectivity index (χ0n) is 23.7. The van der Waals surface area contributed by atoms with Crippen molar-refractivity contribution in [2.24, 2.45) is 0 Å². The van der Waals surface area contributed by atoms with E-state index in [9.17, 15) is 32.4 Å². The number of ether oxygens (including phenoxy) is 1. The number of ketones is 1. The second-order valence-corrected chi connectivity index (χ2v) is 12.8. The minimum atomic E-state index is -5.29. The number of alkyl halides is 3. The summed E-state index contributed by atoms with van der Waals surface area (Å²) in [5.41, 5.74) is -2.28. The van der Waals surface area contributed by atoms with E-state index in [-0.39, 0.29) is 77.5 Å². The molecule has 0 amide bonds. The van der Waals surface area contributed by atoms with Gasteiger partial charge in [-0.3, -0.25) is 14.2 Å². The van der Waals surface area contributed by atoms with Gasteiger partial charge in [0.15, 0.2) is 18.6 Å². The summed E-state index contributed by atoms with van der Waals surface area (Å²) in [5.74, 6) is -2.96. The van der Waals surface area contributed by atoms with Crippen LogP contribution < -0.4 is 26.2 Å². The van der Waals surface area contributed by atoms with Crippen LogP contribution in [0.2, 0.25) is 0 Å². The molecule has 5 aromatic carbocycles. The van der Waals surface area contributed by atoms with Crippen molar-refractivity contribution >= 4 is 39.7 Å². The number of pyridine rings is 1. The minimum absolute atomic E-state index is 0. The fraction of sp³-hybridized carbons (Fsp3) is 0.0286. The number of Topliss-reactive ketones (excluding diaryl/α,β-unsaturated/α-hetero) is 1.